The van der Waals surface area contributed by atoms with Gasteiger partial charge in [0.05, 0.1) is 5.01 Å². The highest BCUT2D eigenvalue weighted by Gasteiger charge is 1.98. The molecule has 106 valence electrons. The molecule has 20 heavy (non-hydrogen) atoms. The van der Waals surface area contributed by atoms with Gasteiger partial charge >= 0.3 is 0 Å². The van der Waals surface area contributed by atoms with Crippen LogP contribution in [0, 0.1) is 6.92 Å². The molecule has 0 bridgehead atoms. The minimum absolute atomic E-state index is 0.481. The Bertz CT molecular complexity index is 550. The fourth-order valence-electron chi connectivity index (χ4n) is 1.71. The van der Waals surface area contributed by atoms with Crippen LogP contribution in [0.5, 0.6) is 0 Å². The first-order valence-electron chi connectivity index (χ1n) is 6.59. The molecule has 0 aliphatic carbocycles. The van der Waals surface area contributed by atoms with Crippen molar-refractivity contribution in [3.63, 3.8) is 0 Å². The van der Waals surface area contributed by atoms with Gasteiger partial charge in [0.25, 0.3) is 0 Å². The number of hydrogen-bond acceptors (Lipinski definition) is 4. The van der Waals surface area contributed by atoms with Gasteiger partial charge in [0.2, 0.25) is 0 Å². The van der Waals surface area contributed by atoms with E-state index in [0.717, 1.165) is 30.1 Å². The summed E-state index contributed by atoms with van der Waals surface area (Å²) >= 11 is 1.70. The van der Waals surface area contributed by atoms with Gasteiger partial charge < -0.3 is 11.1 Å². The van der Waals surface area contributed by atoms with Gasteiger partial charge in [-0.2, -0.15) is 0 Å². The number of nitrogens with two attached hydrogens (primary N) is 1. The minimum Gasteiger partial charge on any atom is -0.370 e. The molecule has 0 aliphatic heterocycles. The topological polar surface area (TPSA) is 76.2 Å². The van der Waals surface area contributed by atoms with E-state index in [9.17, 15) is 0 Å². The lowest BCUT2D eigenvalue weighted by atomic mass is 10.3. The van der Waals surface area contributed by atoms with Gasteiger partial charge in [-0.3, -0.25) is 9.98 Å². The van der Waals surface area contributed by atoms with Crippen molar-refractivity contribution in [3.8, 4) is 0 Å². The highest BCUT2D eigenvalue weighted by molar-refractivity contribution is 7.11. The van der Waals surface area contributed by atoms with Crippen LogP contribution in [-0.4, -0.2) is 29.0 Å². The Balaban J connectivity index is 1.66. The SMILES string of the molecule is Cc1cnc(CCN=C(N)NCCc2ccccn2)s1. The van der Waals surface area contributed by atoms with E-state index >= 15 is 0 Å². The molecule has 0 amide bonds. The molecule has 0 aromatic carbocycles. The van der Waals surface area contributed by atoms with E-state index in [0.29, 0.717) is 12.5 Å². The standard InChI is InChI=1S/C14H19N5S/c1-11-10-19-13(20-11)6-9-18-14(15)17-8-5-12-4-2-3-7-16-12/h2-4,7,10H,5-6,8-9H2,1H3,(H3,15,17,18). The van der Waals surface area contributed by atoms with Crippen LogP contribution < -0.4 is 11.1 Å². The van der Waals surface area contributed by atoms with Crippen molar-refractivity contribution in [1.29, 1.82) is 0 Å². The number of rotatable bonds is 6. The number of thiazole rings is 1. The zero-order valence-electron chi connectivity index (χ0n) is 11.5. The van der Waals surface area contributed by atoms with E-state index in [1.807, 2.05) is 24.4 Å². The van der Waals surface area contributed by atoms with Crippen molar-refractivity contribution in [2.24, 2.45) is 10.7 Å². The van der Waals surface area contributed by atoms with Gasteiger partial charge in [-0.25, -0.2) is 4.98 Å². The van der Waals surface area contributed by atoms with Crippen molar-refractivity contribution >= 4 is 17.3 Å². The Kier molecular flexibility index (Phi) is 5.49. The summed E-state index contributed by atoms with van der Waals surface area (Å²) in [5, 5.41) is 4.20. The third-order valence-corrected chi connectivity index (χ3v) is 3.66. The molecule has 2 aromatic rings. The average molecular weight is 289 g/mol. The van der Waals surface area contributed by atoms with Crippen molar-refractivity contribution in [2.45, 2.75) is 19.8 Å². The van der Waals surface area contributed by atoms with E-state index in [1.54, 1.807) is 17.5 Å². The highest BCUT2D eigenvalue weighted by atomic mass is 32.1. The van der Waals surface area contributed by atoms with Gasteiger partial charge in [0, 0.05) is 48.9 Å². The maximum absolute atomic E-state index is 5.81. The van der Waals surface area contributed by atoms with Crippen LogP contribution in [0.4, 0.5) is 0 Å². The van der Waals surface area contributed by atoms with Crippen LogP contribution in [-0.2, 0) is 12.8 Å². The number of aromatic nitrogens is 2. The summed E-state index contributed by atoms with van der Waals surface area (Å²) in [6.07, 6.45) is 5.35. The van der Waals surface area contributed by atoms with E-state index in [-0.39, 0.29) is 0 Å². The zero-order chi connectivity index (χ0) is 14.2. The van der Waals surface area contributed by atoms with Crippen LogP contribution in [0.25, 0.3) is 0 Å². The molecular weight excluding hydrogens is 270 g/mol. The van der Waals surface area contributed by atoms with E-state index < -0.39 is 0 Å². The molecule has 0 saturated carbocycles. The molecule has 6 heteroatoms. The summed E-state index contributed by atoms with van der Waals surface area (Å²) in [5.74, 6) is 0.481. The number of hydrogen-bond donors (Lipinski definition) is 2. The van der Waals surface area contributed by atoms with Crippen molar-refractivity contribution in [2.75, 3.05) is 13.1 Å². The molecule has 0 aliphatic rings. The Labute approximate surface area is 123 Å². The highest BCUT2D eigenvalue weighted by Crippen LogP contribution is 2.11. The van der Waals surface area contributed by atoms with Gasteiger partial charge in [-0.1, -0.05) is 6.07 Å². The third kappa shape index (κ3) is 4.97. The number of aryl methyl sites for hydroxylation is 1. The molecule has 0 unspecified atom stereocenters. The fourth-order valence-corrected chi connectivity index (χ4v) is 2.49. The zero-order valence-corrected chi connectivity index (χ0v) is 12.4. The molecular formula is C14H19N5S. The van der Waals surface area contributed by atoms with Crippen LogP contribution in [0.2, 0.25) is 0 Å². The average Bonchev–Trinajstić information content (AvgIpc) is 2.86. The third-order valence-electron chi connectivity index (χ3n) is 2.69. The maximum atomic E-state index is 5.81. The molecule has 2 aromatic heterocycles. The lowest BCUT2D eigenvalue weighted by Gasteiger charge is -2.04. The second kappa shape index (κ2) is 7.59. The van der Waals surface area contributed by atoms with E-state index in [1.165, 1.54) is 4.88 Å². The Morgan fingerprint density at radius 3 is 2.95 bits per heavy atom. The summed E-state index contributed by atoms with van der Waals surface area (Å²) in [6, 6.07) is 5.89. The minimum atomic E-state index is 0.481. The van der Waals surface area contributed by atoms with Crippen molar-refractivity contribution < 1.29 is 0 Å². The quantitative estimate of drug-likeness (QED) is 0.624. The molecule has 0 spiro atoms. The largest absolute Gasteiger partial charge is 0.370 e. The molecule has 5 nitrogen and oxygen atoms in total. The van der Waals surface area contributed by atoms with Crippen LogP contribution in [0.3, 0.4) is 0 Å². The molecule has 2 heterocycles. The molecule has 2 rings (SSSR count). The monoisotopic (exact) mass is 289 g/mol. The van der Waals surface area contributed by atoms with E-state index in [4.69, 9.17) is 5.73 Å². The smallest absolute Gasteiger partial charge is 0.188 e. The molecule has 0 radical (unpaired) electrons. The summed E-state index contributed by atoms with van der Waals surface area (Å²) in [7, 11) is 0. The number of nitrogens with zero attached hydrogens (tertiary/aromatic N) is 3. The number of nitrogens with one attached hydrogen (secondary N) is 1. The second-order valence-electron chi connectivity index (χ2n) is 4.38. The second-order valence-corrected chi connectivity index (χ2v) is 5.70. The summed E-state index contributed by atoms with van der Waals surface area (Å²) in [5.41, 5.74) is 6.86. The number of guanidine groups is 1. The number of pyridine rings is 1. The molecule has 3 N–H and O–H groups in total. The Morgan fingerprint density at radius 1 is 1.35 bits per heavy atom. The fraction of sp³-hybridized carbons (Fsp3) is 0.357. The van der Waals surface area contributed by atoms with Crippen LogP contribution in [0.15, 0.2) is 35.6 Å². The van der Waals surface area contributed by atoms with Gasteiger partial charge in [0.1, 0.15) is 0 Å². The van der Waals surface area contributed by atoms with Crippen molar-refractivity contribution in [3.05, 3.63) is 46.2 Å². The Hall–Kier alpha value is -1.95. The number of aliphatic imine (C=N–C) groups is 1. The maximum Gasteiger partial charge on any atom is 0.188 e. The summed E-state index contributed by atoms with van der Waals surface area (Å²) < 4.78 is 0. The summed E-state index contributed by atoms with van der Waals surface area (Å²) in [4.78, 5) is 14.1. The first-order valence-corrected chi connectivity index (χ1v) is 7.40. The molecule has 0 fully saturated rings. The van der Waals surface area contributed by atoms with Gasteiger partial charge in [0.15, 0.2) is 5.96 Å². The Morgan fingerprint density at radius 2 is 2.25 bits per heavy atom. The lowest BCUT2D eigenvalue weighted by molar-refractivity contribution is 0.824. The van der Waals surface area contributed by atoms with E-state index in [2.05, 4.69) is 27.2 Å². The predicted molar refractivity (Wildman–Crippen MR) is 83.0 cm³/mol. The van der Waals surface area contributed by atoms with Gasteiger partial charge in [-0.15, -0.1) is 11.3 Å². The van der Waals surface area contributed by atoms with Crippen molar-refractivity contribution in [1.82, 2.24) is 15.3 Å². The lowest BCUT2D eigenvalue weighted by Crippen LogP contribution is -2.33. The summed E-state index contributed by atoms with van der Waals surface area (Å²) in [6.45, 7) is 3.45. The molecule has 0 atom stereocenters. The van der Waals surface area contributed by atoms with Crippen LogP contribution in [0.1, 0.15) is 15.6 Å². The molecule has 0 saturated heterocycles. The van der Waals surface area contributed by atoms with Crippen LogP contribution >= 0.6 is 11.3 Å². The predicted octanol–water partition coefficient (Wildman–Crippen LogP) is 1.54. The normalized spacial score (nSPS) is 11.6. The first kappa shape index (κ1) is 14.5. The first-order chi connectivity index (χ1) is 9.74. The van der Waals surface area contributed by atoms with Gasteiger partial charge in [-0.05, 0) is 19.1 Å².